The molecule has 2 unspecified atom stereocenters. The molecule has 0 aromatic heterocycles. The number of carbonyl (C=O) groups is 1. The fourth-order valence-corrected chi connectivity index (χ4v) is 4.95. The van der Waals surface area contributed by atoms with Crippen molar-refractivity contribution < 1.29 is 9.53 Å². The van der Waals surface area contributed by atoms with Crippen molar-refractivity contribution in [3.05, 3.63) is 0 Å². The Bertz CT molecular complexity index is 332. The van der Waals surface area contributed by atoms with E-state index in [1.54, 1.807) is 0 Å². The lowest BCUT2D eigenvalue weighted by Crippen LogP contribution is -2.03. The summed E-state index contributed by atoms with van der Waals surface area (Å²) in [6.07, 6.45) is 24.5. The molecule has 0 N–H and O–H groups in total. The molecule has 2 nitrogen and oxygen atoms in total. The maximum absolute atomic E-state index is 11.1. The van der Waals surface area contributed by atoms with Crippen molar-refractivity contribution in [3.63, 3.8) is 0 Å². The molecule has 1 saturated heterocycles. The van der Waals surface area contributed by atoms with Crippen LogP contribution in [0.1, 0.15) is 122 Å². The zero-order chi connectivity index (χ0) is 18.9. The minimum atomic E-state index is -0.0526. The van der Waals surface area contributed by atoms with E-state index in [0.717, 1.165) is 16.9 Å². The highest BCUT2D eigenvalue weighted by molar-refractivity contribution is 8.07. The van der Waals surface area contributed by atoms with Gasteiger partial charge >= 0.3 is 5.97 Å². The van der Waals surface area contributed by atoms with Gasteiger partial charge in [0, 0.05) is 16.9 Å². The van der Waals surface area contributed by atoms with Crippen LogP contribution in [0.5, 0.6) is 0 Å². The number of unbranched alkanes of at least 4 members (excludes halogenated alkanes) is 14. The van der Waals surface area contributed by atoms with Crippen molar-refractivity contribution in [1.82, 2.24) is 0 Å². The molecule has 3 heteroatoms. The van der Waals surface area contributed by atoms with Crippen LogP contribution in [-0.2, 0) is 9.53 Å². The van der Waals surface area contributed by atoms with Crippen molar-refractivity contribution in [3.8, 4) is 0 Å². The minimum Gasteiger partial charge on any atom is -0.469 e. The number of rotatable bonds is 19. The highest BCUT2D eigenvalue weighted by atomic mass is 32.2. The standard InChI is InChI=1S/C23H44O2S/c1-3-4-5-6-7-8-9-10-11-12-13-14-15-16-17-18-21-22(26-21)19-20-23(24)25-2/h21-22H,3-20H2,1-2H3. The van der Waals surface area contributed by atoms with Crippen molar-refractivity contribution in [2.45, 2.75) is 133 Å². The SMILES string of the molecule is CCCCCCCCCCCCCCCCCC1SC1CCC(=O)OC. The molecule has 0 radical (unpaired) electrons. The van der Waals surface area contributed by atoms with Gasteiger partial charge < -0.3 is 4.74 Å². The fraction of sp³-hybridized carbons (Fsp3) is 0.957. The molecule has 0 aromatic rings. The summed E-state index contributed by atoms with van der Waals surface area (Å²) in [5.74, 6) is -0.0526. The molecule has 0 amide bonds. The molecule has 1 aliphatic heterocycles. The van der Waals surface area contributed by atoms with Gasteiger partial charge in [-0.15, -0.1) is 0 Å². The second kappa shape index (κ2) is 17.0. The van der Waals surface area contributed by atoms with Crippen LogP contribution in [0.2, 0.25) is 0 Å². The van der Waals surface area contributed by atoms with E-state index in [4.69, 9.17) is 4.74 Å². The number of ether oxygens (including phenoxy) is 1. The third-order valence-corrected chi connectivity index (χ3v) is 7.15. The quantitative estimate of drug-likeness (QED) is 0.130. The van der Waals surface area contributed by atoms with Crippen molar-refractivity contribution >= 4 is 17.7 Å². The van der Waals surface area contributed by atoms with Crippen molar-refractivity contribution in [2.24, 2.45) is 0 Å². The predicted octanol–water partition coefficient (Wildman–Crippen LogP) is 7.69. The van der Waals surface area contributed by atoms with Gasteiger partial charge in [0.15, 0.2) is 0 Å². The Kier molecular flexibility index (Phi) is 15.6. The van der Waals surface area contributed by atoms with Crippen LogP contribution >= 0.6 is 11.8 Å². The molecule has 0 aliphatic carbocycles. The first-order chi connectivity index (χ1) is 12.8. The van der Waals surface area contributed by atoms with Crippen LogP contribution in [-0.4, -0.2) is 23.6 Å². The van der Waals surface area contributed by atoms with Gasteiger partial charge in [-0.25, -0.2) is 0 Å². The maximum atomic E-state index is 11.1. The van der Waals surface area contributed by atoms with Crippen LogP contribution in [0.4, 0.5) is 0 Å². The van der Waals surface area contributed by atoms with Crippen molar-refractivity contribution in [2.75, 3.05) is 7.11 Å². The van der Waals surface area contributed by atoms with Gasteiger partial charge in [-0.1, -0.05) is 103 Å². The summed E-state index contributed by atoms with van der Waals surface area (Å²) in [6, 6.07) is 0. The van der Waals surface area contributed by atoms with Gasteiger partial charge in [-0.2, -0.15) is 11.8 Å². The summed E-state index contributed by atoms with van der Waals surface area (Å²) in [6.45, 7) is 2.29. The molecule has 2 atom stereocenters. The van der Waals surface area contributed by atoms with E-state index in [0.29, 0.717) is 6.42 Å². The first-order valence-corrected chi connectivity index (χ1v) is 12.4. The summed E-state index contributed by atoms with van der Waals surface area (Å²) in [7, 11) is 1.48. The molecular weight excluding hydrogens is 340 g/mol. The highest BCUT2D eigenvalue weighted by Gasteiger charge is 2.37. The van der Waals surface area contributed by atoms with Crippen LogP contribution in [0.3, 0.4) is 0 Å². The molecule has 0 aromatic carbocycles. The third-order valence-electron chi connectivity index (χ3n) is 5.64. The lowest BCUT2D eigenvalue weighted by atomic mass is 10.0. The molecule has 154 valence electrons. The van der Waals surface area contributed by atoms with Crippen LogP contribution in [0, 0.1) is 0 Å². The zero-order valence-corrected chi connectivity index (χ0v) is 18.4. The average Bonchev–Trinajstić information content (AvgIpc) is 3.41. The molecule has 1 rings (SSSR count). The zero-order valence-electron chi connectivity index (χ0n) is 17.6. The Morgan fingerprint density at radius 3 is 1.58 bits per heavy atom. The minimum absolute atomic E-state index is 0.0526. The molecule has 0 saturated carbocycles. The van der Waals surface area contributed by atoms with E-state index in [1.807, 2.05) is 0 Å². The lowest BCUT2D eigenvalue weighted by molar-refractivity contribution is -0.140. The number of methoxy groups -OCH3 is 1. The van der Waals surface area contributed by atoms with E-state index in [-0.39, 0.29) is 5.97 Å². The maximum Gasteiger partial charge on any atom is 0.305 e. The van der Waals surface area contributed by atoms with Gasteiger partial charge in [0.25, 0.3) is 0 Å². The van der Waals surface area contributed by atoms with Gasteiger partial charge in [0.2, 0.25) is 0 Å². The first kappa shape index (κ1) is 23.9. The van der Waals surface area contributed by atoms with Gasteiger partial charge in [-0.05, 0) is 12.8 Å². The van der Waals surface area contributed by atoms with Crippen LogP contribution < -0.4 is 0 Å². The van der Waals surface area contributed by atoms with E-state index < -0.39 is 0 Å². The molecule has 26 heavy (non-hydrogen) atoms. The van der Waals surface area contributed by atoms with Crippen LogP contribution in [0.25, 0.3) is 0 Å². The molecule has 1 heterocycles. The predicted molar refractivity (Wildman–Crippen MR) is 116 cm³/mol. The lowest BCUT2D eigenvalue weighted by Gasteiger charge is -2.03. The van der Waals surface area contributed by atoms with E-state index in [1.165, 1.54) is 110 Å². The first-order valence-electron chi connectivity index (χ1n) is 11.5. The summed E-state index contributed by atoms with van der Waals surface area (Å²) in [5.41, 5.74) is 0. The summed E-state index contributed by atoms with van der Waals surface area (Å²) < 4.78 is 4.71. The third kappa shape index (κ3) is 13.9. The Balaban J connectivity index is 1.70. The number of carbonyl (C=O) groups excluding carboxylic acids is 1. The fourth-order valence-electron chi connectivity index (χ4n) is 3.77. The molecule has 1 aliphatic rings. The Morgan fingerprint density at radius 1 is 0.692 bits per heavy atom. The van der Waals surface area contributed by atoms with E-state index in [9.17, 15) is 4.79 Å². The van der Waals surface area contributed by atoms with Gasteiger partial charge in [0.1, 0.15) is 0 Å². The molecular formula is C23H44O2S. The Labute approximate surface area is 167 Å². The number of hydrogen-bond acceptors (Lipinski definition) is 3. The average molecular weight is 385 g/mol. The number of hydrogen-bond donors (Lipinski definition) is 0. The topological polar surface area (TPSA) is 26.3 Å². The summed E-state index contributed by atoms with van der Waals surface area (Å²) >= 11 is 2.07. The van der Waals surface area contributed by atoms with E-state index >= 15 is 0 Å². The van der Waals surface area contributed by atoms with Gasteiger partial charge in [0.05, 0.1) is 7.11 Å². The normalized spacial score (nSPS) is 18.8. The molecule has 0 spiro atoms. The highest BCUT2D eigenvalue weighted by Crippen LogP contribution is 2.47. The number of esters is 1. The second-order valence-electron chi connectivity index (χ2n) is 8.07. The largest absolute Gasteiger partial charge is 0.469 e. The Hall–Kier alpha value is -0.180. The second-order valence-corrected chi connectivity index (χ2v) is 9.55. The van der Waals surface area contributed by atoms with E-state index in [2.05, 4.69) is 18.7 Å². The number of thioether (sulfide) groups is 1. The molecule has 0 bridgehead atoms. The van der Waals surface area contributed by atoms with Crippen molar-refractivity contribution in [1.29, 1.82) is 0 Å². The Morgan fingerprint density at radius 2 is 1.12 bits per heavy atom. The monoisotopic (exact) mass is 384 g/mol. The van der Waals surface area contributed by atoms with Crippen LogP contribution in [0.15, 0.2) is 0 Å². The summed E-state index contributed by atoms with van der Waals surface area (Å²) in [5, 5.41) is 1.57. The van der Waals surface area contributed by atoms with Gasteiger partial charge in [-0.3, -0.25) is 4.79 Å². The summed E-state index contributed by atoms with van der Waals surface area (Å²) in [4.78, 5) is 11.1. The smallest absolute Gasteiger partial charge is 0.305 e. The molecule has 1 fully saturated rings.